The maximum absolute atomic E-state index is 13.0. The molecule has 1 saturated carbocycles. The highest BCUT2D eigenvalue weighted by Gasteiger charge is 2.30. The third-order valence-electron chi connectivity index (χ3n) is 5.22. The molecule has 0 spiro atoms. The van der Waals surface area contributed by atoms with Crippen LogP contribution in [0.2, 0.25) is 0 Å². The van der Waals surface area contributed by atoms with Crippen LogP contribution in [-0.2, 0) is 17.5 Å². The highest BCUT2D eigenvalue weighted by molar-refractivity contribution is 7.99. The van der Waals surface area contributed by atoms with Gasteiger partial charge in [0.25, 0.3) is 0 Å². The van der Waals surface area contributed by atoms with Crippen LogP contribution in [0, 0.1) is 0 Å². The van der Waals surface area contributed by atoms with E-state index in [-0.39, 0.29) is 5.78 Å². The molecule has 3 rings (SSSR count). The van der Waals surface area contributed by atoms with Crippen molar-refractivity contribution >= 4 is 23.2 Å². The van der Waals surface area contributed by atoms with E-state index in [9.17, 15) is 18.0 Å². The third kappa shape index (κ3) is 6.23. The first kappa shape index (κ1) is 22.7. The highest BCUT2D eigenvalue weighted by Crippen LogP contribution is 2.34. The van der Waals surface area contributed by atoms with Gasteiger partial charge >= 0.3 is 6.18 Å². The molecule has 0 saturated heterocycles. The lowest BCUT2D eigenvalue weighted by atomic mass is 9.95. The number of halogens is 3. The van der Waals surface area contributed by atoms with Crippen molar-refractivity contribution in [2.45, 2.75) is 75.8 Å². The molecule has 1 fully saturated rings. The number of carbonyl (C=O) groups is 1. The number of ketones is 1. The number of aromatic nitrogens is 3. The molecule has 0 radical (unpaired) electrons. The Morgan fingerprint density at radius 3 is 2.70 bits per heavy atom. The van der Waals surface area contributed by atoms with E-state index >= 15 is 0 Å². The monoisotopic (exact) mass is 440 g/mol. The highest BCUT2D eigenvalue weighted by atomic mass is 32.2. The van der Waals surface area contributed by atoms with E-state index in [1.54, 1.807) is 24.8 Å². The zero-order valence-electron chi connectivity index (χ0n) is 17.0. The minimum atomic E-state index is -4.37. The Hall–Kier alpha value is -2.03. The van der Waals surface area contributed by atoms with Crippen molar-refractivity contribution in [1.29, 1.82) is 0 Å². The maximum Gasteiger partial charge on any atom is 0.416 e. The number of hydrogen-bond acceptors (Lipinski definition) is 5. The fourth-order valence-corrected chi connectivity index (χ4v) is 4.67. The number of carbonyl (C=O) groups excluding carboxylic acids is 1. The molecule has 1 aromatic heterocycles. The number of thioether (sulfide) groups is 1. The van der Waals surface area contributed by atoms with Crippen LogP contribution in [0.1, 0.15) is 69.3 Å². The number of nitrogens with one attached hydrogen (secondary N) is 1. The average molecular weight is 441 g/mol. The van der Waals surface area contributed by atoms with Crippen molar-refractivity contribution in [3.05, 3.63) is 35.7 Å². The molecule has 5 nitrogen and oxygen atoms in total. The molecule has 1 aliphatic rings. The van der Waals surface area contributed by atoms with E-state index in [0.29, 0.717) is 24.7 Å². The first-order valence-corrected chi connectivity index (χ1v) is 11.3. The first-order valence-electron chi connectivity index (χ1n) is 10.3. The van der Waals surface area contributed by atoms with Crippen LogP contribution in [0.25, 0.3) is 0 Å². The van der Waals surface area contributed by atoms with Gasteiger partial charge in [0.15, 0.2) is 11.0 Å². The molecule has 164 valence electrons. The average Bonchev–Trinajstić information content (AvgIpc) is 3.12. The fraction of sp³-hybridized carbons (Fsp3) is 0.571. The van der Waals surface area contributed by atoms with Crippen LogP contribution in [0.5, 0.6) is 0 Å². The van der Waals surface area contributed by atoms with Crippen molar-refractivity contribution in [2.75, 3.05) is 11.1 Å². The Balaban J connectivity index is 1.72. The number of rotatable bonds is 9. The number of nitrogens with zero attached hydrogens (tertiary/aromatic N) is 3. The topological polar surface area (TPSA) is 59.8 Å². The van der Waals surface area contributed by atoms with Gasteiger partial charge in [-0.05, 0) is 44.4 Å². The Labute approximate surface area is 178 Å². The van der Waals surface area contributed by atoms with E-state index in [1.165, 1.54) is 12.5 Å². The van der Waals surface area contributed by atoms with Gasteiger partial charge in [-0.25, -0.2) is 0 Å². The summed E-state index contributed by atoms with van der Waals surface area (Å²) in [4.78, 5) is 11.2. The lowest BCUT2D eigenvalue weighted by Gasteiger charge is -2.25. The van der Waals surface area contributed by atoms with Crippen molar-refractivity contribution in [3.8, 4) is 0 Å². The molecule has 2 aromatic rings. The summed E-state index contributed by atoms with van der Waals surface area (Å²) in [5.74, 6) is 1.69. The summed E-state index contributed by atoms with van der Waals surface area (Å²) in [6.45, 7) is 1.89. The molecule has 0 aliphatic heterocycles. The van der Waals surface area contributed by atoms with Gasteiger partial charge in [0.1, 0.15) is 5.78 Å². The molecule has 30 heavy (non-hydrogen) atoms. The molecule has 0 amide bonds. The fourth-order valence-electron chi connectivity index (χ4n) is 3.70. The van der Waals surface area contributed by atoms with Crippen LogP contribution in [0.3, 0.4) is 0 Å². The summed E-state index contributed by atoms with van der Waals surface area (Å²) in [6, 6.07) is 5.49. The van der Waals surface area contributed by atoms with Crippen molar-refractivity contribution in [1.82, 2.24) is 14.8 Å². The van der Waals surface area contributed by atoms with Crippen LogP contribution < -0.4 is 5.32 Å². The molecular formula is C21H27F3N4OS. The molecule has 1 aromatic carbocycles. The smallest absolute Gasteiger partial charge is 0.378 e. The predicted octanol–water partition coefficient (Wildman–Crippen LogP) is 5.88. The minimum absolute atomic E-state index is 0.176. The third-order valence-corrected chi connectivity index (χ3v) is 6.25. The molecule has 0 atom stereocenters. The number of anilines is 1. The lowest BCUT2D eigenvalue weighted by molar-refractivity contribution is -0.137. The quantitative estimate of drug-likeness (QED) is 0.390. The minimum Gasteiger partial charge on any atom is -0.378 e. The van der Waals surface area contributed by atoms with Gasteiger partial charge in [0.2, 0.25) is 0 Å². The standard InChI is InChI=1S/C21H27F3N4OS/c1-15(29)7-6-12-30-20-27-26-19(28(20)18-10-3-2-4-11-18)14-25-17-9-5-8-16(13-17)21(22,23)24/h5,8-9,13,18,25H,2-4,6-7,10-12,14H2,1H3. The van der Waals surface area contributed by atoms with Gasteiger partial charge in [0, 0.05) is 23.9 Å². The largest absolute Gasteiger partial charge is 0.416 e. The molecule has 1 heterocycles. The van der Waals surface area contributed by atoms with Crippen molar-refractivity contribution in [2.24, 2.45) is 0 Å². The van der Waals surface area contributed by atoms with Gasteiger partial charge in [-0.1, -0.05) is 37.1 Å². The van der Waals surface area contributed by atoms with E-state index < -0.39 is 11.7 Å². The van der Waals surface area contributed by atoms with Gasteiger partial charge in [-0.3, -0.25) is 0 Å². The molecule has 0 bridgehead atoms. The van der Waals surface area contributed by atoms with Crippen molar-refractivity contribution < 1.29 is 18.0 Å². The van der Waals surface area contributed by atoms with Crippen molar-refractivity contribution in [3.63, 3.8) is 0 Å². The number of hydrogen-bond donors (Lipinski definition) is 1. The second kappa shape index (κ2) is 10.3. The first-order chi connectivity index (χ1) is 14.3. The predicted molar refractivity (Wildman–Crippen MR) is 112 cm³/mol. The zero-order chi connectivity index (χ0) is 21.6. The Morgan fingerprint density at radius 1 is 1.23 bits per heavy atom. The summed E-state index contributed by atoms with van der Waals surface area (Å²) in [6.07, 6.45) is 2.59. The van der Waals surface area contributed by atoms with Crippen LogP contribution in [0.4, 0.5) is 18.9 Å². The molecule has 0 unspecified atom stereocenters. The van der Waals surface area contributed by atoms with E-state index in [4.69, 9.17) is 0 Å². The van der Waals surface area contributed by atoms with E-state index in [1.807, 2.05) is 0 Å². The summed E-state index contributed by atoms with van der Waals surface area (Å²) in [7, 11) is 0. The normalized spacial score (nSPS) is 15.3. The van der Waals surface area contributed by atoms with E-state index in [0.717, 1.165) is 61.0 Å². The SMILES string of the molecule is CC(=O)CCCSc1nnc(CNc2cccc(C(F)(F)F)c2)n1C1CCCCC1. The maximum atomic E-state index is 13.0. The van der Waals surface area contributed by atoms with Crippen LogP contribution in [0.15, 0.2) is 29.4 Å². The Bertz CT molecular complexity index is 847. The zero-order valence-corrected chi connectivity index (χ0v) is 17.9. The number of benzene rings is 1. The second-order valence-corrected chi connectivity index (χ2v) is 8.71. The Morgan fingerprint density at radius 2 is 2.00 bits per heavy atom. The van der Waals surface area contributed by atoms with Crippen LogP contribution in [-0.4, -0.2) is 26.3 Å². The van der Waals surface area contributed by atoms with Gasteiger partial charge < -0.3 is 14.7 Å². The van der Waals surface area contributed by atoms with Gasteiger partial charge in [-0.2, -0.15) is 13.2 Å². The number of Topliss-reactive ketones (excluding diaryl/α,β-unsaturated/α-hetero) is 1. The van der Waals surface area contributed by atoms with E-state index in [2.05, 4.69) is 20.1 Å². The lowest BCUT2D eigenvalue weighted by Crippen LogP contribution is -2.18. The van der Waals surface area contributed by atoms with Crippen LogP contribution >= 0.6 is 11.8 Å². The van der Waals surface area contributed by atoms with Gasteiger partial charge in [0.05, 0.1) is 12.1 Å². The number of alkyl halides is 3. The summed E-state index contributed by atoms with van der Waals surface area (Å²) < 4.78 is 41.0. The second-order valence-electron chi connectivity index (χ2n) is 7.65. The molecule has 9 heteroatoms. The summed E-state index contributed by atoms with van der Waals surface area (Å²) in [5, 5.41) is 12.6. The Kier molecular flexibility index (Phi) is 7.80. The summed E-state index contributed by atoms with van der Waals surface area (Å²) >= 11 is 1.59. The summed E-state index contributed by atoms with van der Waals surface area (Å²) in [5.41, 5.74) is -0.276. The molecule has 1 aliphatic carbocycles. The van der Waals surface area contributed by atoms with Gasteiger partial charge in [-0.15, -0.1) is 10.2 Å². The molecular weight excluding hydrogens is 413 g/mol. The molecule has 1 N–H and O–H groups in total.